The van der Waals surface area contributed by atoms with Crippen molar-refractivity contribution in [2.24, 2.45) is 0 Å². The lowest BCUT2D eigenvalue weighted by atomic mass is 10.1. The number of aromatic nitrogens is 4. The highest BCUT2D eigenvalue weighted by Crippen LogP contribution is 2.33. The van der Waals surface area contributed by atoms with Gasteiger partial charge in [-0.1, -0.05) is 6.92 Å². The van der Waals surface area contributed by atoms with Crippen LogP contribution in [0.25, 0.3) is 0 Å². The molecule has 9 heteroatoms. The molecule has 0 spiro atoms. The van der Waals surface area contributed by atoms with Gasteiger partial charge in [0.05, 0.1) is 18.4 Å². The number of carbonyl (C=O) groups excluding carboxylic acids is 1. The molecule has 0 unspecified atom stereocenters. The molecular weight excluding hydrogens is 326 g/mol. The number of aryl methyl sites for hydroxylation is 1. The van der Waals surface area contributed by atoms with Gasteiger partial charge in [0.1, 0.15) is 23.2 Å². The van der Waals surface area contributed by atoms with Gasteiger partial charge in [-0.15, -0.1) is 0 Å². The monoisotopic (exact) mass is 343 g/mol. The van der Waals surface area contributed by atoms with Crippen LogP contribution in [0.15, 0.2) is 17.1 Å². The number of anilines is 1. The molecule has 0 radical (unpaired) electrons. The van der Waals surface area contributed by atoms with Gasteiger partial charge in [0.2, 0.25) is 0 Å². The Bertz CT molecular complexity index is 960. The van der Waals surface area contributed by atoms with E-state index in [1.807, 2.05) is 6.92 Å². The number of amides is 1. The molecule has 4 rings (SSSR count). The predicted molar refractivity (Wildman–Crippen MR) is 86.8 cm³/mol. The molecule has 2 aromatic heterocycles. The number of carboxylic acids is 1. The minimum absolute atomic E-state index is 0.110. The second kappa shape index (κ2) is 5.27. The van der Waals surface area contributed by atoms with E-state index in [4.69, 9.17) is 0 Å². The first-order valence-electron chi connectivity index (χ1n) is 8.09. The quantitative estimate of drug-likeness (QED) is 0.852. The molecule has 25 heavy (non-hydrogen) atoms. The smallest absolute Gasteiger partial charge is 0.326 e. The number of aliphatic carboxylic acids is 1. The summed E-state index contributed by atoms with van der Waals surface area (Å²) in [5, 5.41) is 13.7. The molecule has 0 aromatic carbocycles. The van der Waals surface area contributed by atoms with Crippen molar-refractivity contribution < 1.29 is 14.7 Å². The summed E-state index contributed by atoms with van der Waals surface area (Å²) < 4.78 is 2.83. The summed E-state index contributed by atoms with van der Waals surface area (Å²) in [6.45, 7) is 4.40. The van der Waals surface area contributed by atoms with E-state index in [9.17, 15) is 19.5 Å². The first-order valence-corrected chi connectivity index (χ1v) is 8.09. The van der Waals surface area contributed by atoms with Gasteiger partial charge < -0.3 is 5.11 Å². The lowest BCUT2D eigenvalue weighted by Crippen LogP contribution is -2.44. The van der Waals surface area contributed by atoms with Gasteiger partial charge in [0.15, 0.2) is 0 Å². The largest absolute Gasteiger partial charge is 0.480 e. The minimum atomic E-state index is -1.06. The van der Waals surface area contributed by atoms with Gasteiger partial charge in [-0.2, -0.15) is 5.10 Å². The van der Waals surface area contributed by atoms with E-state index in [0.29, 0.717) is 24.5 Å². The van der Waals surface area contributed by atoms with Crippen molar-refractivity contribution in [3.8, 4) is 0 Å². The van der Waals surface area contributed by atoms with E-state index >= 15 is 0 Å². The molecule has 9 nitrogen and oxygen atoms in total. The molecule has 1 amide bonds. The van der Waals surface area contributed by atoms with Gasteiger partial charge in [-0.25, -0.2) is 9.78 Å². The summed E-state index contributed by atoms with van der Waals surface area (Å²) in [7, 11) is 0. The number of carboxylic acid groups (broad SMARTS) is 1. The average molecular weight is 343 g/mol. The Hall–Kier alpha value is -2.97. The Labute approximate surface area is 142 Å². The van der Waals surface area contributed by atoms with Gasteiger partial charge in [-0.3, -0.25) is 23.7 Å². The summed E-state index contributed by atoms with van der Waals surface area (Å²) in [5.41, 5.74) is 0.768. The van der Waals surface area contributed by atoms with E-state index in [1.165, 1.54) is 15.7 Å². The second-order valence-corrected chi connectivity index (χ2v) is 6.52. The van der Waals surface area contributed by atoms with E-state index in [2.05, 4.69) is 10.1 Å². The zero-order chi connectivity index (χ0) is 17.9. The van der Waals surface area contributed by atoms with Crippen LogP contribution in [0.4, 0.5) is 5.69 Å². The van der Waals surface area contributed by atoms with E-state index < -0.39 is 17.6 Å². The summed E-state index contributed by atoms with van der Waals surface area (Å²) >= 11 is 0. The fourth-order valence-electron chi connectivity index (χ4n) is 3.63. The molecule has 0 aliphatic carbocycles. The molecule has 4 heterocycles. The summed E-state index contributed by atoms with van der Waals surface area (Å²) in [5.74, 6) is -1.06. The molecule has 130 valence electrons. The van der Waals surface area contributed by atoms with Gasteiger partial charge in [0, 0.05) is 12.5 Å². The molecule has 2 aromatic rings. The number of nitrogens with zero attached hydrogens (tertiary/aromatic N) is 5. The number of hydrogen-bond donors (Lipinski definition) is 1. The maximum atomic E-state index is 12.9. The lowest BCUT2D eigenvalue weighted by molar-refractivity contribution is -0.140. The van der Waals surface area contributed by atoms with Crippen LogP contribution in [0.3, 0.4) is 0 Å². The SMILES string of the molecule is Cc1cc2n(n1)CCN(c1cnc3n(c1=O)[C@H](C(=O)O)C[C@H]3C)C2=O. The van der Waals surface area contributed by atoms with Crippen molar-refractivity contribution in [3.05, 3.63) is 39.8 Å². The van der Waals surface area contributed by atoms with Crippen molar-refractivity contribution in [3.63, 3.8) is 0 Å². The number of rotatable bonds is 2. The number of carbonyl (C=O) groups is 2. The Kier molecular flexibility index (Phi) is 3.28. The van der Waals surface area contributed by atoms with Crippen molar-refractivity contribution in [1.29, 1.82) is 0 Å². The molecule has 0 fully saturated rings. The van der Waals surface area contributed by atoms with Crippen molar-refractivity contribution >= 4 is 17.6 Å². The first kappa shape index (κ1) is 15.6. The Morgan fingerprint density at radius 1 is 1.32 bits per heavy atom. The zero-order valence-corrected chi connectivity index (χ0v) is 13.8. The maximum absolute atomic E-state index is 12.9. The summed E-state index contributed by atoms with van der Waals surface area (Å²) in [6, 6.07) is 0.729. The van der Waals surface area contributed by atoms with Crippen LogP contribution < -0.4 is 10.5 Å². The number of hydrogen-bond acceptors (Lipinski definition) is 5. The summed E-state index contributed by atoms with van der Waals surface area (Å²) in [6.07, 6.45) is 1.70. The third-order valence-corrected chi connectivity index (χ3v) is 4.81. The van der Waals surface area contributed by atoms with Crippen LogP contribution in [0, 0.1) is 6.92 Å². The predicted octanol–water partition coefficient (Wildman–Crippen LogP) is 0.542. The normalized spacial score (nSPS) is 22.0. The van der Waals surface area contributed by atoms with E-state index in [1.54, 1.807) is 17.7 Å². The molecule has 2 aliphatic heterocycles. The fraction of sp³-hybridized carbons (Fsp3) is 0.438. The van der Waals surface area contributed by atoms with Crippen molar-refractivity contribution in [1.82, 2.24) is 19.3 Å². The molecular formula is C16H17N5O4. The Balaban J connectivity index is 1.81. The van der Waals surface area contributed by atoms with Crippen molar-refractivity contribution in [2.75, 3.05) is 11.4 Å². The molecule has 0 saturated carbocycles. The fourth-order valence-corrected chi connectivity index (χ4v) is 3.63. The van der Waals surface area contributed by atoms with Gasteiger partial charge in [0.25, 0.3) is 11.5 Å². The van der Waals surface area contributed by atoms with Crippen molar-refractivity contribution in [2.45, 2.75) is 38.8 Å². The van der Waals surface area contributed by atoms with Crippen LogP contribution in [0.1, 0.15) is 47.3 Å². The van der Waals surface area contributed by atoms with E-state index in [-0.39, 0.29) is 24.1 Å². The maximum Gasteiger partial charge on any atom is 0.326 e. The van der Waals surface area contributed by atoms with Crippen LogP contribution in [0.5, 0.6) is 0 Å². The molecule has 0 saturated heterocycles. The van der Waals surface area contributed by atoms with Crippen LogP contribution in [-0.4, -0.2) is 42.9 Å². The summed E-state index contributed by atoms with van der Waals surface area (Å²) in [4.78, 5) is 42.8. The average Bonchev–Trinajstić information content (AvgIpc) is 3.10. The molecule has 0 bridgehead atoms. The number of fused-ring (bicyclic) bond motifs is 2. The highest BCUT2D eigenvalue weighted by molar-refractivity contribution is 6.05. The molecule has 1 N–H and O–H groups in total. The third kappa shape index (κ3) is 2.19. The third-order valence-electron chi connectivity index (χ3n) is 4.81. The van der Waals surface area contributed by atoms with Gasteiger partial charge in [-0.05, 0) is 19.4 Å². The lowest BCUT2D eigenvalue weighted by Gasteiger charge is -2.27. The van der Waals surface area contributed by atoms with E-state index in [0.717, 1.165) is 5.69 Å². The zero-order valence-electron chi connectivity index (χ0n) is 13.8. The second-order valence-electron chi connectivity index (χ2n) is 6.52. The highest BCUT2D eigenvalue weighted by atomic mass is 16.4. The Morgan fingerprint density at radius 2 is 2.08 bits per heavy atom. The minimum Gasteiger partial charge on any atom is -0.480 e. The van der Waals surface area contributed by atoms with Crippen LogP contribution in [-0.2, 0) is 11.3 Å². The highest BCUT2D eigenvalue weighted by Gasteiger charge is 2.37. The van der Waals surface area contributed by atoms with Crippen LogP contribution >= 0.6 is 0 Å². The Morgan fingerprint density at radius 3 is 2.80 bits per heavy atom. The molecule has 2 aliphatic rings. The molecule has 2 atom stereocenters. The van der Waals surface area contributed by atoms with Gasteiger partial charge >= 0.3 is 5.97 Å². The first-order chi connectivity index (χ1) is 11.9. The topological polar surface area (TPSA) is 110 Å². The standard InChI is InChI=1S/C16H17N5O4/c1-8-5-11(16(24)25)21-13(8)17-7-12(15(21)23)19-3-4-20-10(14(19)22)6-9(2)18-20/h6-8,11H,3-5H2,1-2H3,(H,24,25)/t8-,11+/m1/s1. The van der Waals surface area contributed by atoms with Crippen LogP contribution in [0.2, 0.25) is 0 Å².